The first-order valence-corrected chi connectivity index (χ1v) is 3.50. The van der Waals surface area contributed by atoms with Gasteiger partial charge in [0.15, 0.2) is 0 Å². The van der Waals surface area contributed by atoms with Gasteiger partial charge in [0.2, 0.25) is 0 Å². The number of halogens is 1. The number of hydrogen-bond donors (Lipinski definition) is 2. The van der Waals surface area contributed by atoms with Crippen LogP contribution < -0.4 is 5.48 Å². The molecule has 0 aromatic heterocycles. The van der Waals surface area contributed by atoms with Crippen LogP contribution >= 0.6 is 15.9 Å². The molecule has 0 aromatic carbocycles. The van der Waals surface area contributed by atoms with Crippen molar-refractivity contribution in [3.63, 3.8) is 0 Å². The molecule has 0 rings (SSSR count). The van der Waals surface area contributed by atoms with Gasteiger partial charge >= 0.3 is 0 Å². The second-order valence-corrected chi connectivity index (χ2v) is 2.12. The molecule has 8 heavy (non-hydrogen) atoms. The summed E-state index contributed by atoms with van der Waals surface area (Å²) in [6.07, 6.45) is -0.271. The minimum atomic E-state index is -0.271. The second-order valence-electron chi connectivity index (χ2n) is 1.33. The summed E-state index contributed by atoms with van der Waals surface area (Å²) in [5.41, 5.74) is 1.96. The van der Waals surface area contributed by atoms with Gasteiger partial charge < -0.3 is 9.94 Å². The molecular formula is C4H10BrNO2. The molecule has 0 fully saturated rings. The third-order valence-electron chi connectivity index (χ3n) is 0.627. The van der Waals surface area contributed by atoms with Crippen molar-refractivity contribution in [3.05, 3.63) is 0 Å². The summed E-state index contributed by atoms with van der Waals surface area (Å²) in [5, 5.41) is 8.96. The van der Waals surface area contributed by atoms with Crippen molar-refractivity contribution in [2.75, 3.05) is 11.9 Å². The van der Waals surface area contributed by atoms with Crippen molar-refractivity contribution in [1.29, 1.82) is 0 Å². The lowest BCUT2D eigenvalue weighted by Crippen LogP contribution is -2.25. The van der Waals surface area contributed by atoms with Crippen molar-refractivity contribution in [2.24, 2.45) is 0 Å². The Labute approximate surface area is 57.1 Å². The minimum Gasteiger partial charge on any atom is -0.361 e. The quantitative estimate of drug-likeness (QED) is 0.384. The Balaban J connectivity index is 2.86. The third kappa shape index (κ3) is 4.52. The Bertz CT molecular complexity index is 53.3. The average Bonchev–Trinajstić information content (AvgIpc) is 1.83. The third-order valence-corrected chi connectivity index (χ3v) is 0.951. The van der Waals surface area contributed by atoms with E-state index in [0.717, 1.165) is 5.33 Å². The van der Waals surface area contributed by atoms with E-state index < -0.39 is 0 Å². The molecule has 0 heterocycles. The summed E-state index contributed by atoms with van der Waals surface area (Å²) in [6, 6.07) is 0. The fourth-order valence-corrected chi connectivity index (χ4v) is 0.445. The molecule has 0 bridgehead atoms. The highest BCUT2D eigenvalue weighted by molar-refractivity contribution is 9.09. The number of alkyl halides is 1. The van der Waals surface area contributed by atoms with Crippen molar-refractivity contribution in [1.82, 2.24) is 5.48 Å². The van der Waals surface area contributed by atoms with Crippen molar-refractivity contribution < 1.29 is 9.94 Å². The highest BCUT2D eigenvalue weighted by atomic mass is 79.9. The van der Waals surface area contributed by atoms with Gasteiger partial charge in [0.25, 0.3) is 0 Å². The fourth-order valence-electron chi connectivity index (χ4n) is 0.259. The molecule has 50 valence electrons. The summed E-state index contributed by atoms with van der Waals surface area (Å²) in [4.78, 5) is 0. The molecule has 2 N–H and O–H groups in total. The van der Waals surface area contributed by atoms with Gasteiger partial charge in [-0.25, -0.2) is 0 Å². The maximum Gasteiger partial charge on any atom is 0.127 e. The van der Waals surface area contributed by atoms with Crippen molar-refractivity contribution in [3.8, 4) is 0 Å². The monoisotopic (exact) mass is 183 g/mol. The van der Waals surface area contributed by atoms with Crippen LogP contribution in [0.1, 0.15) is 6.92 Å². The number of nitrogens with one attached hydrogen (secondary N) is 1. The predicted octanol–water partition coefficient (Wildman–Crippen LogP) is 0.723. The van der Waals surface area contributed by atoms with Crippen LogP contribution in [0.4, 0.5) is 0 Å². The normalized spacial score (nSPS) is 13.9. The molecule has 0 saturated carbocycles. The number of hydroxylamine groups is 1. The lowest BCUT2D eigenvalue weighted by Gasteiger charge is -2.07. The Morgan fingerprint density at radius 1 is 1.88 bits per heavy atom. The summed E-state index contributed by atoms with van der Waals surface area (Å²) in [7, 11) is 0. The highest BCUT2D eigenvalue weighted by Crippen LogP contribution is 1.85. The van der Waals surface area contributed by atoms with E-state index in [2.05, 4.69) is 15.9 Å². The predicted molar refractivity (Wildman–Crippen MR) is 34.1 cm³/mol. The highest BCUT2D eigenvalue weighted by Gasteiger charge is 1.94. The number of hydrogen-bond acceptors (Lipinski definition) is 3. The topological polar surface area (TPSA) is 41.5 Å². The van der Waals surface area contributed by atoms with E-state index in [4.69, 9.17) is 9.94 Å². The molecule has 0 aliphatic rings. The molecule has 1 unspecified atom stereocenters. The van der Waals surface area contributed by atoms with Crippen LogP contribution in [0.2, 0.25) is 0 Å². The molecule has 4 heteroatoms. The molecule has 0 amide bonds. The zero-order chi connectivity index (χ0) is 6.41. The van der Waals surface area contributed by atoms with Gasteiger partial charge in [0, 0.05) is 5.33 Å². The van der Waals surface area contributed by atoms with Crippen molar-refractivity contribution in [2.45, 2.75) is 13.2 Å². The molecule has 3 nitrogen and oxygen atoms in total. The lowest BCUT2D eigenvalue weighted by atomic mass is 10.7. The summed E-state index contributed by atoms with van der Waals surface area (Å²) in [5.74, 6) is 0. The van der Waals surface area contributed by atoms with Crippen LogP contribution in [0.15, 0.2) is 0 Å². The van der Waals surface area contributed by atoms with E-state index in [1.54, 1.807) is 6.92 Å². The maximum absolute atomic E-state index is 8.17. The Morgan fingerprint density at radius 2 is 2.50 bits per heavy atom. The van der Waals surface area contributed by atoms with E-state index in [0.29, 0.717) is 6.61 Å². The Morgan fingerprint density at radius 3 is 2.88 bits per heavy atom. The molecule has 0 aliphatic heterocycles. The van der Waals surface area contributed by atoms with Gasteiger partial charge in [-0.3, -0.25) is 0 Å². The van der Waals surface area contributed by atoms with Gasteiger partial charge in [0.1, 0.15) is 6.23 Å². The number of rotatable bonds is 4. The first-order chi connectivity index (χ1) is 3.81. The van der Waals surface area contributed by atoms with Crippen LogP contribution in [0, 0.1) is 0 Å². The molecular weight excluding hydrogens is 174 g/mol. The summed E-state index contributed by atoms with van der Waals surface area (Å²) < 4.78 is 4.93. The van der Waals surface area contributed by atoms with E-state index >= 15 is 0 Å². The SMILES string of the molecule is CC(NO)OCCBr. The first kappa shape index (κ1) is 8.36. The average molecular weight is 184 g/mol. The molecule has 0 radical (unpaired) electrons. The summed E-state index contributed by atoms with van der Waals surface area (Å²) in [6.45, 7) is 2.33. The lowest BCUT2D eigenvalue weighted by molar-refractivity contribution is -0.0348. The first-order valence-electron chi connectivity index (χ1n) is 2.38. The Kier molecular flexibility index (Phi) is 5.74. The minimum absolute atomic E-state index is 0.271. The number of ether oxygens (including phenoxy) is 1. The Hall–Kier alpha value is 0.360. The van der Waals surface area contributed by atoms with Crippen LogP contribution in [0.3, 0.4) is 0 Å². The molecule has 1 atom stereocenters. The van der Waals surface area contributed by atoms with E-state index in [1.165, 1.54) is 0 Å². The van der Waals surface area contributed by atoms with E-state index in [-0.39, 0.29) is 6.23 Å². The smallest absolute Gasteiger partial charge is 0.127 e. The molecule has 0 aliphatic carbocycles. The van der Waals surface area contributed by atoms with E-state index in [9.17, 15) is 0 Å². The van der Waals surface area contributed by atoms with Gasteiger partial charge in [0.05, 0.1) is 6.61 Å². The van der Waals surface area contributed by atoms with Crippen LogP contribution in [0.5, 0.6) is 0 Å². The zero-order valence-electron chi connectivity index (χ0n) is 4.72. The van der Waals surface area contributed by atoms with Gasteiger partial charge in [-0.1, -0.05) is 15.9 Å². The van der Waals surface area contributed by atoms with Gasteiger partial charge in [-0.15, -0.1) is 0 Å². The zero-order valence-corrected chi connectivity index (χ0v) is 6.31. The van der Waals surface area contributed by atoms with Crippen LogP contribution in [-0.4, -0.2) is 23.4 Å². The van der Waals surface area contributed by atoms with Gasteiger partial charge in [-0.2, -0.15) is 5.48 Å². The molecule has 0 aromatic rings. The molecule has 0 spiro atoms. The summed E-state index contributed by atoms with van der Waals surface area (Å²) >= 11 is 3.17. The van der Waals surface area contributed by atoms with Gasteiger partial charge in [-0.05, 0) is 6.92 Å². The van der Waals surface area contributed by atoms with E-state index in [1.807, 2.05) is 5.48 Å². The largest absolute Gasteiger partial charge is 0.361 e. The standard InChI is InChI=1S/C4H10BrNO2/c1-4(6-7)8-3-2-5/h4,6-7H,2-3H2,1H3. The molecule has 0 saturated heterocycles. The van der Waals surface area contributed by atoms with Crippen LogP contribution in [0.25, 0.3) is 0 Å². The maximum atomic E-state index is 8.17. The fraction of sp³-hybridized carbons (Fsp3) is 1.00. The van der Waals surface area contributed by atoms with Crippen LogP contribution in [-0.2, 0) is 4.74 Å². The second kappa shape index (κ2) is 5.50. The van der Waals surface area contributed by atoms with Crippen molar-refractivity contribution >= 4 is 15.9 Å².